The molecule has 1 unspecified atom stereocenters. The molecule has 3 aromatic heterocycles. The number of hydrogen-bond donors (Lipinski definition) is 1. The van der Waals surface area contributed by atoms with Crippen molar-refractivity contribution in [2.45, 2.75) is 39.2 Å². The van der Waals surface area contributed by atoms with Gasteiger partial charge < -0.3 is 9.88 Å². The van der Waals surface area contributed by atoms with Gasteiger partial charge in [-0.1, -0.05) is 13.8 Å². The monoisotopic (exact) mass is 328 g/mol. The van der Waals surface area contributed by atoms with Crippen molar-refractivity contribution in [2.75, 3.05) is 11.9 Å². The Bertz CT molecular complexity index is 821. The summed E-state index contributed by atoms with van der Waals surface area (Å²) in [7, 11) is 0. The maximum absolute atomic E-state index is 4.40. The molecule has 0 amide bonds. The Morgan fingerprint density at radius 1 is 1.35 bits per heavy atom. The second-order valence-electron chi connectivity index (χ2n) is 6.39. The first-order valence-corrected chi connectivity index (χ1v) is 8.94. The number of aromatic nitrogens is 5. The lowest BCUT2D eigenvalue weighted by Gasteiger charge is -2.25. The lowest BCUT2D eigenvalue weighted by atomic mass is 9.98. The van der Waals surface area contributed by atoms with Crippen LogP contribution in [0.5, 0.6) is 0 Å². The van der Waals surface area contributed by atoms with Crippen LogP contribution in [0.25, 0.3) is 10.2 Å². The van der Waals surface area contributed by atoms with Gasteiger partial charge in [-0.25, -0.2) is 9.97 Å². The first-order valence-electron chi connectivity index (χ1n) is 8.06. The van der Waals surface area contributed by atoms with Crippen LogP contribution in [0.15, 0.2) is 17.8 Å². The zero-order valence-corrected chi connectivity index (χ0v) is 14.2. The fraction of sp³-hybridized carbons (Fsp3) is 0.500. The molecule has 6 nitrogen and oxygen atoms in total. The van der Waals surface area contributed by atoms with Crippen molar-refractivity contribution < 1.29 is 0 Å². The number of anilines is 1. The van der Waals surface area contributed by atoms with Gasteiger partial charge in [0.2, 0.25) is 0 Å². The third kappa shape index (κ3) is 2.69. The molecule has 3 aromatic rings. The molecular weight excluding hydrogens is 308 g/mol. The highest BCUT2D eigenvalue weighted by Crippen LogP contribution is 2.26. The number of thiophene rings is 1. The van der Waals surface area contributed by atoms with Gasteiger partial charge in [-0.3, -0.25) is 0 Å². The molecule has 0 radical (unpaired) electrons. The normalized spacial score (nSPS) is 17.6. The molecule has 0 fully saturated rings. The molecule has 0 bridgehead atoms. The molecule has 0 saturated carbocycles. The van der Waals surface area contributed by atoms with Crippen molar-refractivity contribution in [3.05, 3.63) is 29.4 Å². The second kappa shape index (κ2) is 5.88. The summed E-state index contributed by atoms with van der Waals surface area (Å²) in [6, 6.07) is 2.08. The van der Waals surface area contributed by atoms with Crippen LogP contribution in [0.4, 0.5) is 5.82 Å². The summed E-state index contributed by atoms with van der Waals surface area (Å²) in [5.74, 6) is 4.16. The molecule has 1 aliphatic rings. The Morgan fingerprint density at radius 3 is 3.13 bits per heavy atom. The van der Waals surface area contributed by atoms with Gasteiger partial charge in [0, 0.05) is 25.4 Å². The molecule has 7 heteroatoms. The Balaban J connectivity index is 1.48. The number of rotatable bonds is 4. The van der Waals surface area contributed by atoms with Gasteiger partial charge in [-0.2, -0.15) is 0 Å². The summed E-state index contributed by atoms with van der Waals surface area (Å²) in [5.41, 5.74) is 0. The van der Waals surface area contributed by atoms with Crippen LogP contribution in [-0.2, 0) is 13.0 Å². The third-order valence-corrected chi connectivity index (χ3v) is 5.23. The van der Waals surface area contributed by atoms with E-state index in [0.29, 0.717) is 11.8 Å². The highest BCUT2D eigenvalue weighted by atomic mass is 32.1. The van der Waals surface area contributed by atoms with Crippen LogP contribution in [0.1, 0.15) is 37.8 Å². The average molecular weight is 328 g/mol. The molecule has 1 aliphatic heterocycles. The fourth-order valence-electron chi connectivity index (χ4n) is 3.18. The van der Waals surface area contributed by atoms with E-state index >= 15 is 0 Å². The minimum Gasteiger partial charge on any atom is -0.369 e. The molecule has 0 aliphatic carbocycles. The Labute approximate surface area is 139 Å². The van der Waals surface area contributed by atoms with E-state index < -0.39 is 0 Å². The predicted molar refractivity (Wildman–Crippen MR) is 91.8 cm³/mol. The number of nitrogens with one attached hydrogen (secondary N) is 1. The van der Waals surface area contributed by atoms with E-state index in [0.717, 1.165) is 53.6 Å². The lowest BCUT2D eigenvalue weighted by molar-refractivity contribution is 0.371. The first kappa shape index (κ1) is 14.6. The van der Waals surface area contributed by atoms with Gasteiger partial charge in [0.15, 0.2) is 0 Å². The van der Waals surface area contributed by atoms with E-state index in [2.05, 4.69) is 55.3 Å². The zero-order chi connectivity index (χ0) is 15.8. The smallest absolute Gasteiger partial charge is 0.138 e. The molecule has 4 heterocycles. The standard InChI is InChI=1S/C16H20N6S/c1-10(2)15-21-20-13-4-3-11(8-22(13)15)7-17-14-12-5-6-23-16(12)19-9-18-14/h5-6,9-11H,3-4,7-8H2,1-2H3,(H,17,18,19). The predicted octanol–water partition coefficient (Wildman–Crippen LogP) is 3.08. The van der Waals surface area contributed by atoms with Crippen molar-refractivity contribution in [3.8, 4) is 0 Å². The third-order valence-electron chi connectivity index (χ3n) is 4.41. The van der Waals surface area contributed by atoms with E-state index in [1.54, 1.807) is 17.7 Å². The largest absolute Gasteiger partial charge is 0.369 e. The minimum absolute atomic E-state index is 0.412. The van der Waals surface area contributed by atoms with Gasteiger partial charge in [0.25, 0.3) is 0 Å². The quantitative estimate of drug-likeness (QED) is 0.797. The van der Waals surface area contributed by atoms with Crippen molar-refractivity contribution in [2.24, 2.45) is 5.92 Å². The summed E-state index contributed by atoms with van der Waals surface area (Å²) >= 11 is 1.65. The molecule has 23 heavy (non-hydrogen) atoms. The summed E-state index contributed by atoms with van der Waals surface area (Å²) in [4.78, 5) is 9.73. The highest BCUT2D eigenvalue weighted by molar-refractivity contribution is 7.16. The van der Waals surface area contributed by atoms with Crippen LogP contribution in [0.3, 0.4) is 0 Å². The SMILES string of the molecule is CC(C)c1nnc2n1CC(CNc1ncnc3sccc13)CC2. The van der Waals surface area contributed by atoms with E-state index in [1.165, 1.54) is 0 Å². The molecule has 0 spiro atoms. The Hall–Kier alpha value is -2.02. The molecule has 1 N–H and O–H groups in total. The Morgan fingerprint density at radius 2 is 2.26 bits per heavy atom. The van der Waals surface area contributed by atoms with Gasteiger partial charge in [-0.15, -0.1) is 21.5 Å². The van der Waals surface area contributed by atoms with Crippen molar-refractivity contribution in [1.29, 1.82) is 0 Å². The number of fused-ring (bicyclic) bond motifs is 2. The average Bonchev–Trinajstić information content (AvgIpc) is 3.19. The van der Waals surface area contributed by atoms with E-state index in [4.69, 9.17) is 0 Å². The zero-order valence-electron chi connectivity index (χ0n) is 13.4. The minimum atomic E-state index is 0.412. The molecular formula is C16H20N6S. The molecule has 1 atom stereocenters. The van der Waals surface area contributed by atoms with Crippen LogP contribution in [0, 0.1) is 5.92 Å². The summed E-state index contributed by atoms with van der Waals surface area (Å²) in [6.07, 6.45) is 3.78. The maximum Gasteiger partial charge on any atom is 0.138 e. The van der Waals surface area contributed by atoms with Crippen molar-refractivity contribution in [1.82, 2.24) is 24.7 Å². The Kier molecular flexibility index (Phi) is 3.72. The van der Waals surface area contributed by atoms with Crippen molar-refractivity contribution >= 4 is 27.4 Å². The summed E-state index contributed by atoms with van der Waals surface area (Å²) < 4.78 is 2.31. The fourth-order valence-corrected chi connectivity index (χ4v) is 3.91. The first-order chi connectivity index (χ1) is 11.2. The van der Waals surface area contributed by atoms with Crippen LogP contribution >= 0.6 is 11.3 Å². The maximum atomic E-state index is 4.40. The lowest BCUT2D eigenvalue weighted by Crippen LogP contribution is -2.27. The number of nitrogens with zero attached hydrogens (tertiary/aromatic N) is 5. The van der Waals surface area contributed by atoms with Crippen LogP contribution in [-0.4, -0.2) is 31.3 Å². The van der Waals surface area contributed by atoms with Gasteiger partial charge in [-0.05, 0) is 23.8 Å². The summed E-state index contributed by atoms with van der Waals surface area (Å²) in [5, 5.41) is 15.4. The topological polar surface area (TPSA) is 68.5 Å². The van der Waals surface area contributed by atoms with E-state index in [1.807, 2.05) is 0 Å². The molecule has 0 aromatic carbocycles. The molecule has 120 valence electrons. The highest BCUT2D eigenvalue weighted by Gasteiger charge is 2.24. The molecule has 0 saturated heterocycles. The van der Waals surface area contributed by atoms with Crippen molar-refractivity contribution in [3.63, 3.8) is 0 Å². The number of hydrogen-bond acceptors (Lipinski definition) is 6. The van der Waals surface area contributed by atoms with E-state index in [9.17, 15) is 0 Å². The van der Waals surface area contributed by atoms with Gasteiger partial charge >= 0.3 is 0 Å². The van der Waals surface area contributed by atoms with E-state index in [-0.39, 0.29) is 0 Å². The summed E-state index contributed by atoms with van der Waals surface area (Å²) in [6.45, 7) is 6.25. The number of aryl methyl sites for hydroxylation is 1. The van der Waals surface area contributed by atoms with Gasteiger partial charge in [0.1, 0.15) is 28.6 Å². The van der Waals surface area contributed by atoms with Crippen LogP contribution < -0.4 is 5.32 Å². The second-order valence-corrected chi connectivity index (χ2v) is 7.28. The van der Waals surface area contributed by atoms with Crippen LogP contribution in [0.2, 0.25) is 0 Å². The molecule has 4 rings (SSSR count). The van der Waals surface area contributed by atoms with Gasteiger partial charge in [0.05, 0.1) is 5.39 Å².